The van der Waals surface area contributed by atoms with E-state index >= 15 is 0 Å². The molecule has 74 valence electrons. The summed E-state index contributed by atoms with van der Waals surface area (Å²) in [5.74, 6) is 0. The van der Waals surface area contributed by atoms with Gasteiger partial charge in [0.1, 0.15) is 0 Å². The maximum absolute atomic E-state index is 10.5. The number of rotatable bonds is 2. The average Bonchev–Trinajstić information content (AvgIpc) is 2.57. The van der Waals surface area contributed by atoms with E-state index in [9.17, 15) is 4.21 Å². The predicted molar refractivity (Wildman–Crippen MR) is 54.6 cm³/mol. The molecule has 0 spiro atoms. The Morgan fingerprint density at radius 2 is 2.43 bits per heavy atom. The number of halogens is 1. The highest BCUT2D eigenvalue weighted by atomic mass is 35.5. The van der Waals surface area contributed by atoms with Crippen molar-refractivity contribution in [1.29, 1.82) is 0 Å². The fourth-order valence-corrected chi connectivity index (χ4v) is 1.77. The number of hydrogen-bond donors (Lipinski definition) is 2. The minimum absolute atomic E-state index is 0.332. The van der Waals surface area contributed by atoms with Crippen LogP contribution in [-0.4, -0.2) is 18.4 Å². The second-order valence-electron chi connectivity index (χ2n) is 2.56. The van der Waals surface area contributed by atoms with Crippen LogP contribution in [0.5, 0.6) is 0 Å². The van der Waals surface area contributed by atoms with Crippen LogP contribution in [0.4, 0.5) is 5.69 Å². The van der Waals surface area contributed by atoms with Gasteiger partial charge in [-0.15, -0.1) is 0 Å². The molecule has 0 aliphatic heterocycles. The van der Waals surface area contributed by atoms with Gasteiger partial charge in [0.2, 0.25) is 0 Å². The number of fused-ring (bicyclic) bond motifs is 1. The third-order valence-corrected chi connectivity index (χ3v) is 2.49. The summed E-state index contributed by atoms with van der Waals surface area (Å²) in [4.78, 5) is 0. The van der Waals surface area contributed by atoms with Crippen LogP contribution >= 0.6 is 11.6 Å². The molecular weight excluding hydrogens is 226 g/mol. The molecule has 2 aromatic heterocycles. The Morgan fingerprint density at radius 1 is 1.64 bits per heavy atom. The van der Waals surface area contributed by atoms with Gasteiger partial charge in [0, 0.05) is 6.20 Å². The molecule has 0 bridgehead atoms. The molecule has 7 heteroatoms. The highest BCUT2D eigenvalue weighted by Crippen LogP contribution is 2.25. The molecule has 0 aliphatic carbocycles. The van der Waals surface area contributed by atoms with Crippen LogP contribution in [-0.2, 0) is 11.3 Å². The third kappa shape index (κ3) is 1.59. The molecule has 0 saturated carbocycles. The highest BCUT2D eigenvalue weighted by Gasteiger charge is 2.07. The van der Waals surface area contributed by atoms with Gasteiger partial charge < -0.3 is 0 Å². The van der Waals surface area contributed by atoms with Crippen molar-refractivity contribution >= 4 is 34.1 Å². The Balaban J connectivity index is 2.56. The third-order valence-electron chi connectivity index (χ3n) is 1.70. The van der Waals surface area contributed by atoms with E-state index in [0.29, 0.717) is 16.2 Å². The SMILES string of the molecule is O=S(O)Nc1cnn2cccc2c1Cl. The van der Waals surface area contributed by atoms with Crippen LogP contribution in [0.3, 0.4) is 0 Å². The van der Waals surface area contributed by atoms with Crippen LogP contribution < -0.4 is 4.72 Å². The van der Waals surface area contributed by atoms with Gasteiger partial charge in [0.25, 0.3) is 11.3 Å². The smallest absolute Gasteiger partial charge is 0.259 e. The number of anilines is 1. The molecule has 1 unspecified atom stereocenters. The first kappa shape index (κ1) is 9.45. The minimum atomic E-state index is -2.14. The van der Waals surface area contributed by atoms with Gasteiger partial charge in [0.15, 0.2) is 0 Å². The fraction of sp³-hybridized carbons (Fsp3) is 0. The lowest BCUT2D eigenvalue weighted by atomic mass is 10.4. The first-order valence-corrected chi connectivity index (χ1v) is 5.16. The summed E-state index contributed by atoms with van der Waals surface area (Å²) < 4.78 is 23.0. The molecule has 2 rings (SSSR count). The van der Waals surface area contributed by atoms with Gasteiger partial charge in [-0.05, 0) is 12.1 Å². The summed E-state index contributed by atoms with van der Waals surface area (Å²) in [6.45, 7) is 0. The van der Waals surface area contributed by atoms with Gasteiger partial charge >= 0.3 is 0 Å². The fourth-order valence-electron chi connectivity index (χ4n) is 1.13. The van der Waals surface area contributed by atoms with Crippen molar-refractivity contribution in [3.63, 3.8) is 0 Å². The second kappa shape index (κ2) is 3.56. The largest absolute Gasteiger partial charge is 0.289 e. The number of aromatic nitrogens is 2. The summed E-state index contributed by atoms with van der Waals surface area (Å²) in [7, 11) is 0. The minimum Gasteiger partial charge on any atom is -0.289 e. The van der Waals surface area contributed by atoms with Crippen molar-refractivity contribution in [2.75, 3.05) is 4.72 Å². The number of nitrogens with one attached hydrogen (secondary N) is 1. The van der Waals surface area contributed by atoms with E-state index in [1.54, 1.807) is 22.8 Å². The maximum atomic E-state index is 10.5. The number of hydrogen-bond acceptors (Lipinski definition) is 2. The Labute approximate surface area is 87.1 Å². The van der Waals surface area contributed by atoms with Crippen LogP contribution in [0.2, 0.25) is 5.02 Å². The van der Waals surface area contributed by atoms with Crippen LogP contribution in [0.15, 0.2) is 24.5 Å². The molecule has 0 aliphatic rings. The Morgan fingerprint density at radius 3 is 3.14 bits per heavy atom. The molecule has 0 aromatic carbocycles. The zero-order chi connectivity index (χ0) is 10.1. The summed E-state index contributed by atoms with van der Waals surface area (Å²) in [6, 6.07) is 3.55. The summed E-state index contributed by atoms with van der Waals surface area (Å²) >= 11 is 3.82. The molecule has 2 heterocycles. The van der Waals surface area contributed by atoms with E-state index in [-0.39, 0.29) is 0 Å². The Hall–Kier alpha value is -1.11. The van der Waals surface area contributed by atoms with E-state index in [1.807, 2.05) is 0 Å². The van der Waals surface area contributed by atoms with Crippen molar-refractivity contribution in [2.45, 2.75) is 0 Å². The van der Waals surface area contributed by atoms with Gasteiger partial charge in [0.05, 0.1) is 22.4 Å². The molecule has 5 nitrogen and oxygen atoms in total. The molecule has 0 radical (unpaired) electrons. The van der Waals surface area contributed by atoms with Gasteiger partial charge in [-0.25, -0.2) is 8.72 Å². The van der Waals surface area contributed by atoms with Crippen molar-refractivity contribution in [3.8, 4) is 0 Å². The lowest BCUT2D eigenvalue weighted by Gasteiger charge is -2.04. The van der Waals surface area contributed by atoms with Crippen LogP contribution in [0, 0.1) is 0 Å². The normalized spacial score (nSPS) is 13.0. The van der Waals surface area contributed by atoms with Gasteiger partial charge in [-0.3, -0.25) is 9.27 Å². The molecule has 0 amide bonds. The predicted octanol–water partition coefficient (Wildman–Crippen LogP) is 1.54. The van der Waals surface area contributed by atoms with Crippen molar-refractivity contribution in [1.82, 2.24) is 9.61 Å². The van der Waals surface area contributed by atoms with E-state index in [4.69, 9.17) is 16.2 Å². The molecule has 2 N–H and O–H groups in total. The Kier molecular flexibility index (Phi) is 2.40. The van der Waals surface area contributed by atoms with E-state index in [1.165, 1.54) is 6.20 Å². The lowest BCUT2D eigenvalue weighted by molar-refractivity contribution is 0.570. The summed E-state index contributed by atoms with van der Waals surface area (Å²) in [5, 5.41) is 4.35. The van der Waals surface area contributed by atoms with Crippen molar-refractivity contribution in [3.05, 3.63) is 29.5 Å². The average molecular weight is 232 g/mol. The van der Waals surface area contributed by atoms with Gasteiger partial charge in [-0.1, -0.05) is 11.6 Å². The van der Waals surface area contributed by atoms with E-state index in [2.05, 4.69) is 9.82 Å². The Bertz CT molecular complexity index is 499. The first-order chi connectivity index (χ1) is 6.68. The second-order valence-corrected chi connectivity index (χ2v) is 3.64. The van der Waals surface area contributed by atoms with Crippen LogP contribution in [0.25, 0.3) is 5.52 Å². The summed E-state index contributed by atoms with van der Waals surface area (Å²) in [5.41, 5.74) is 1.01. The molecule has 14 heavy (non-hydrogen) atoms. The van der Waals surface area contributed by atoms with Crippen molar-refractivity contribution in [2.24, 2.45) is 0 Å². The van der Waals surface area contributed by atoms with Gasteiger partial charge in [-0.2, -0.15) is 5.10 Å². The number of nitrogens with zero attached hydrogens (tertiary/aromatic N) is 2. The lowest BCUT2D eigenvalue weighted by Crippen LogP contribution is -2.04. The van der Waals surface area contributed by atoms with Crippen LogP contribution in [0.1, 0.15) is 0 Å². The molecular formula is C7H6ClN3O2S. The molecule has 1 atom stereocenters. The van der Waals surface area contributed by atoms with Crippen molar-refractivity contribution < 1.29 is 8.76 Å². The quantitative estimate of drug-likeness (QED) is 0.771. The zero-order valence-corrected chi connectivity index (χ0v) is 8.42. The van der Waals surface area contributed by atoms with E-state index < -0.39 is 11.3 Å². The first-order valence-electron chi connectivity index (χ1n) is 3.68. The topological polar surface area (TPSA) is 66.6 Å². The highest BCUT2D eigenvalue weighted by molar-refractivity contribution is 7.80. The molecule has 2 aromatic rings. The molecule has 0 saturated heterocycles. The monoisotopic (exact) mass is 231 g/mol. The standard InChI is InChI=1S/C7H6ClN3O2S/c8-7-5(10-14(12)13)4-9-11-3-1-2-6(7)11/h1-4,10H,(H,12,13). The van der Waals surface area contributed by atoms with E-state index in [0.717, 1.165) is 0 Å². The molecule has 0 fully saturated rings. The summed E-state index contributed by atoms with van der Waals surface area (Å²) in [6.07, 6.45) is 3.13. The zero-order valence-electron chi connectivity index (χ0n) is 6.85. The maximum Gasteiger partial charge on any atom is 0.259 e.